The summed E-state index contributed by atoms with van der Waals surface area (Å²) >= 11 is 0. The van der Waals surface area contributed by atoms with Gasteiger partial charge in [0.05, 0.1) is 11.6 Å². The van der Waals surface area contributed by atoms with Crippen molar-refractivity contribution >= 4 is 0 Å². The van der Waals surface area contributed by atoms with Crippen LogP contribution in [0.15, 0.2) is 24.3 Å². The van der Waals surface area contributed by atoms with Gasteiger partial charge in [-0.1, -0.05) is 25.1 Å². The van der Waals surface area contributed by atoms with Crippen LogP contribution in [-0.4, -0.2) is 12.7 Å². The van der Waals surface area contributed by atoms with Gasteiger partial charge in [-0.3, -0.25) is 0 Å². The minimum atomic E-state index is -0.653. The van der Waals surface area contributed by atoms with E-state index < -0.39 is 5.54 Å². The largest absolute Gasteiger partial charge is 0.376 e. The number of hydrogen-bond acceptors (Lipinski definition) is 2. The van der Waals surface area contributed by atoms with E-state index >= 15 is 0 Å². The molecule has 0 aromatic heterocycles. The van der Waals surface area contributed by atoms with Crippen molar-refractivity contribution in [3.05, 3.63) is 35.6 Å². The highest BCUT2D eigenvalue weighted by molar-refractivity contribution is 5.28. The van der Waals surface area contributed by atoms with Crippen LogP contribution in [-0.2, 0) is 10.3 Å². The van der Waals surface area contributed by atoms with Crippen LogP contribution in [0.1, 0.15) is 25.3 Å². The van der Waals surface area contributed by atoms with Gasteiger partial charge in [0.15, 0.2) is 0 Å². The second-order valence-electron chi connectivity index (χ2n) is 4.04. The first-order chi connectivity index (χ1) is 7.18. The summed E-state index contributed by atoms with van der Waals surface area (Å²) in [5, 5.41) is 0. The van der Waals surface area contributed by atoms with E-state index in [-0.39, 0.29) is 11.9 Å². The van der Waals surface area contributed by atoms with Crippen LogP contribution in [0.25, 0.3) is 0 Å². The first-order valence-electron chi connectivity index (χ1n) is 5.34. The first-order valence-corrected chi connectivity index (χ1v) is 5.34. The predicted octanol–water partition coefficient (Wildman–Crippen LogP) is 2.18. The summed E-state index contributed by atoms with van der Waals surface area (Å²) in [5.74, 6) is -0.232. The topological polar surface area (TPSA) is 35.2 Å². The lowest BCUT2D eigenvalue weighted by Crippen LogP contribution is -2.44. The lowest BCUT2D eigenvalue weighted by molar-refractivity contribution is 0.0757. The molecule has 1 aliphatic rings. The average Bonchev–Trinajstić information content (AvgIpc) is 2.61. The van der Waals surface area contributed by atoms with Crippen molar-refractivity contribution in [2.45, 2.75) is 31.4 Å². The standard InChI is InChI=1S/C12H16FNO/c1-2-11-12(14,7-8-15-11)9-5-3-4-6-10(9)13/h3-6,11H,2,7-8,14H2,1H3/t11-,12+/m0/s1. The SMILES string of the molecule is CC[C@@H]1OCC[C@@]1(N)c1ccccc1F. The fraction of sp³-hybridized carbons (Fsp3) is 0.500. The fourth-order valence-electron chi connectivity index (χ4n) is 2.31. The van der Waals surface area contributed by atoms with Crippen LogP contribution in [0.2, 0.25) is 0 Å². The summed E-state index contributed by atoms with van der Waals surface area (Å²) in [4.78, 5) is 0. The summed E-state index contributed by atoms with van der Waals surface area (Å²) in [7, 11) is 0. The molecule has 2 nitrogen and oxygen atoms in total. The number of nitrogens with two attached hydrogens (primary N) is 1. The highest BCUT2D eigenvalue weighted by Crippen LogP contribution is 2.36. The third kappa shape index (κ3) is 1.66. The van der Waals surface area contributed by atoms with E-state index in [0.717, 1.165) is 6.42 Å². The quantitative estimate of drug-likeness (QED) is 0.810. The van der Waals surface area contributed by atoms with Gasteiger partial charge in [0.1, 0.15) is 5.82 Å². The molecular weight excluding hydrogens is 193 g/mol. The smallest absolute Gasteiger partial charge is 0.128 e. The van der Waals surface area contributed by atoms with E-state index in [4.69, 9.17) is 10.5 Å². The first kappa shape index (κ1) is 10.6. The molecule has 0 unspecified atom stereocenters. The molecule has 0 spiro atoms. The molecule has 1 aromatic carbocycles. The maximum atomic E-state index is 13.7. The van der Waals surface area contributed by atoms with Gasteiger partial charge in [-0.25, -0.2) is 4.39 Å². The van der Waals surface area contributed by atoms with Crippen LogP contribution in [0.3, 0.4) is 0 Å². The Hall–Kier alpha value is -0.930. The Kier molecular flexibility index (Phi) is 2.76. The maximum absolute atomic E-state index is 13.7. The predicted molar refractivity (Wildman–Crippen MR) is 56.9 cm³/mol. The Morgan fingerprint density at radius 3 is 2.93 bits per heavy atom. The van der Waals surface area contributed by atoms with Gasteiger partial charge in [-0.2, -0.15) is 0 Å². The molecular formula is C12H16FNO. The second kappa shape index (κ2) is 3.91. The van der Waals surface area contributed by atoms with Crippen molar-refractivity contribution in [1.29, 1.82) is 0 Å². The van der Waals surface area contributed by atoms with E-state index in [0.29, 0.717) is 18.6 Å². The summed E-state index contributed by atoms with van der Waals surface area (Å²) < 4.78 is 19.2. The van der Waals surface area contributed by atoms with Crippen LogP contribution in [0, 0.1) is 5.82 Å². The van der Waals surface area contributed by atoms with E-state index in [2.05, 4.69) is 0 Å². The maximum Gasteiger partial charge on any atom is 0.128 e. The van der Waals surface area contributed by atoms with Gasteiger partial charge in [0, 0.05) is 12.2 Å². The van der Waals surface area contributed by atoms with Crippen molar-refractivity contribution in [2.75, 3.05) is 6.61 Å². The third-order valence-electron chi connectivity index (χ3n) is 3.16. The molecule has 2 N–H and O–H groups in total. The molecule has 3 heteroatoms. The molecule has 1 aromatic rings. The van der Waals surface area contributed by atoms with Gasteiger partial charge >= 0.3 is 0 Å². The summed E-state index contributed by atoms with van der Waals surface area (Å²) in [5.41, 5.74) is 6.20. The molecule has 1 heterocycles. The van der Waals surface area contributed by atoms with Crippen LogP contribution >= 0.6 is 0 Å². The molecule has 0 saturated carbocycles. The zero-order valence-electron chi connectivity index (χ0n) is 8.87. The Labute approximate surface area is 89.2 Å². The number of rotatable bonds is 2. The van der Waals surface area contributed by atoms with Crippen molar-refractivity contribution in [1.82, 2.24) is 0 Å². The molecule has 1 fully saturated rings. The van der Waals surface area contributed by atoms with Gasteiger partial charge < -0.3 is 10.5 Å². The van der Waals surface area contributed by atoms with Gasteiger partial charge in [0.25, 0.3) is 0 Å². The monoisotopic (exact) mass is 209 g/mol. The molecule has 1 aliphatic heterocycles. The van der Waals surface area contributed by atoms with Gasteiger partial charge in [0.2, 0.25) is 0 Å². The number of hydrogen-bond donors (Lipinski definition) is 1. The molecule has 1 saturated heterocycles. The normalized spacial score (nSPS) is 30.7. The molecule has 0 amide bonds. The lowest BCUT2D eigenvalue weighted by Gasteiger charge is -2.30. The highest BCUT2D eigenvalue weighted by atomic mass is 19.1. The van der Waals surface area contributed by atoms with Crippen molar-refractivity contribution < 1.29 is 9.13 Å². The highest BCUT2D eigenvalue weighted by Gasteiger charge is 2.42. The van der Waals surface area contributed by atoms with Crippen molar-refractivity contribution in [3.8, 4) is 0 Å². The molecule has 82 valence electrons. The molecule has 0 aliphatic carbocycles. The number of benzene rings is 1. The molecule has 0 radical (unpaired) electrons. The molecule has 15 heavy (non-hydrogen) atoms. The summed E-state index contributed by atoms with van der Waals surface area (Å²) in [6.07, 6.45) is 1.42. The van der Waals surface area contributed by atoms with Crippen molar-refractivity contribution in [3.63, 3.8) is 0 Å². The van der Waals surface area contributed by atoms with Gasteiger partial charge in [-0.15, -0.1) is 0 Å². The Bertz CT molecular complexity index is 355. The zero-order valence-corrected chi connectivity index (χ0v) is 8.87. The van der Waals surface area contributed by atoms with E-state index in [1.807, 2.05) is 13.0 Å². The number of ether oxygens (including phenoxy) is 1. The minimum absolute atomic E-state index is 0.0746. The lowest BCUT2D eigenvalue weighted by atomic mass is 9.83. The van der Waals surface area contributed by atoms with Crippen LogP contribution in [0.4, 0.5) is 4.39 Å². The van der Waals surface area contributed by atoms with Crippen LogP contribution < -0.4 is 5.73 Å². The Morgan fingerprint density at radius 2 is 2.27 bits per heavy atom. The van der Waals surface area contributed by atoms with E-state index in [9.17, 15) is 4.39 Å². The number of halogens is 1. The fourth-order valence-corrected chi connectivity index (χ4v) is 2.31. The second-order valence-corrected chi connectivity index (χ2v) is 4.04. The molecule has 2 rings (SSSR count). The van der Waals surface area contributed by atoms with Crippen molar-refractivity contribution in [2.24, 2.45) is 5.73 Å². The van der Waals surface area contributed by atoms with Gasteiger partial charge in [-0.05, 0) is 18.9 Å². The van der Waals surface area contributed by atoms with E-state index in [1.54, 1.807) is 12.1 Å². The summed E-state index contributed by atoms with van der Waals surface area (Å²) in [6.45, 7) is 2.63. The summed E-state index contributed by atoms with van der Waals surface area (Å²) in [6, 6.07) is 6.71. The Morgan fingerprint density at radius 1 is 1.53 bits per heavy atom. The zero-order chi connectivity index (χ0) is 10.9. The minimum Gasteiger partial charge on any atom is -0.376 e. The Balaban J connectivity index is 2.40. The third-order valence-corrected chi connectivity index (χ3v) is 3.16. The average molecular weight is 209 g/mol. The van der Waals surface area contributed by atoms with E-state index in [1.165, 1.54) is 6.07 Å². The molecule has 2 atom stereocenters. The van der Waals surface area contributed by atoms with Crippen LogP contribution in [0.5, 0.6) is 0 Å². The molecule has 0 bridgehead atoms.